The molecule has 0 bridgehead atoms. The van der Waals surface area contributed by atoms with Gasteiger partial charge >= 0.3 is 0 Å². The average molecular weight is 258 g/mol. The minimum Gasteiger partial charge on any atom is -0.464 e. The molecule has 3 nitrogen and oxygen atoms in total. The molecule has 1 aliphatic rings. The van der Waals surface area contributed by atoms with E-state index in [1.54, 1.807) is 0 Å². The van der Waals surface area contributed by atoms with Gasteiger partial charge in [0.25, 0.3) is 0 Å². The van der Waals surface area contributed by atoms with E-state index in [9.17, 15) is 0 Å². The first-order chi connectivity index (χ1) is 9.33. The molecule has 0 unspecified atom stereocenters. The van der Waals surface area contributed by atoms with Crippen LogP contribution in [0.4, 0.5) is 0 Å². The largest absolute Gasteiger partial charge is 0.464 e. The van der Waals surface area contributed by atoms with Crippen LogP contribution in [0.3, 0.4) is 0 Å². The van der Waals surface area contributed by atoms with E-state index < -0.39 is 0 Å². The molecule has 1 aromatic heterocycles. The number of para-hydroxylation sites is 1. The van der Waals surface area contributed by atoms with Crippen molar-refractivity contribution in [3.8, 4) is 0 Å². The van der Waals surface area contributed by atoms with Crippen molar-refractivity contribution in [2.24, 2.45) is 5.41 Å². The Morgan fingerprint density at radius 3 is 2.84 bits per heavy atom. The maximum Gasteiger partial charge on any atom is 0.134 e. The molecule has 1 aliphatic carbocycles. The van der Waals surface area contributed by atoms with Crippen LogP contribution in [0.2, 0.25) is 0 Å². The van der Waals surface area contributed by atoms with Crippen LogP contribution in [0.1, 0.15) is 18.4 Å². The highest BCUT2D eigenvalue weighted by molar-refractivity contribution is 5.80. The Bertz CT molecular complexity index is 542. The van der Waals surface area contributed by atoms with Crippen LogP contribution >= 0.6 is 0 Å². The molecule has 19 heavy (non-hydrogen) atoms. The van der Waals surface area contributed by atoms with Crippen LogP contribution in [-0.4, -0.2) is 26.7 Å². The highest BCUT2D eigenvalue weighted by Crippen LogP contribution is 2.44. The highest BCUT2D eigenvalue weighted by Gasteiger charge is 2.41. The fourth-order valence-corrected chi connectivity index (χ4v) is 2.77. The molecule has 0 atom stereocenters. The maximum atomic E-state index is 5.56. The standard InChI is InChI=1S/C16H22N2O/c1-17-11-16(7-8-16)12-18-9-6-13-10-19-15-5-3-2-4-14(13)15/h2-5,10,17-18H,6-9,11-12H2,1H3. The summed E-state index contributed by atoms with van der Waals surface area (Å²) < 4.78 is 5.56. The van der Waals surface area contributed by atoms with Gasteiger partial charge in [-0.1, -0.05) is 18.2 Å². The van der Waals surface area contributed by atoms with Crippen LogP contribution < -0.4 is 10.6 Å². The molecule has 2 aromatic rings. The summed E-state index contributed by atoms with van der Waals surface area (Å²) in [5.41, 5.74) is 2.83. The lowest BCUT2D eigenvalue weighted by atomic mass is 10.1. The van der Waals surface area contributed by atoms with E-state index in [1.165, 1.54) is 23.8 Å². The minimum atomic E-state index is 0.535. The molecule has 1 heterocycles. The fourth-order valence-electron chi connectivity index (χ4n) is 2.77. The number of furan rings is 1. The lowest BCUT2D eigenvalue weighted by Gasteiger charge is -2.15. The van der Waals surface area contributed by atoms with Gasteiger partial charge < -0.3 is 15.1 Å². The van der Waals surface area contributed by atoms with Crippen molar-refractivity contribution in [3.05, 3.63) is 36.1 Å². The van der Waals surface area contributed by atoms with Crippen LogP contribution in [0.15, 0.2) is 34.9 Å². The van der Waals surface area contributed by atoms with Gasteiger partial charge in [-0.2, -0.15) is 0 Å². The smallest absolute Gasteiger partial charge is 0.134 e. The molecule has 3 rings (SSSR count). The summed E-state index contributed by atoms with van der Waals surface area (Å²) >= 11 is 0. The third-order valence-electron chi connectivity index (χ3n) is 4.14. The molecule has 102 valence electrons. The van der Waals surface area contributed by atoms with Gasteiger partial charge in [0, 0.05) is 18.5 Å². The van der Waals surface area contributed by atoms with E-state index in [4.69, 9.17) is 4.42 Å². The van der Waals surface area contributed by atoms with E-state index in [0.29, 0.717) is 5.41 Å². The molecule has 0 amide bonds. The SMILES string of the molecule is CNCC1(CNCCc2coc3ccccc23)CC1. The second-order valence-corrected chi connectivity index (χ2v) is 5.71. The van der Waals surface area contributed by atoms with Gasteiger partial charge in [-0.15, -0.1) is 0 Å². The second-order valence-electron chi connectivity index (χ2n) is 5.71. The van der Waals surface area contributed by atoms with Gasteiger partial charge in [0.1, 0.15) is 5.58 Å². The first kappa shape index (κ1) is 12.7. The van der Waals surface area contributed by atoms with Crippen LogP contribution in [0.5, 0.6) is 0 Å². The summed E-state index contributed by atoms with van der Waals surface area (Å²) in [5.74, 6) is 0. The Morgan fingerprint density at radius 1 is 1.21 bits per heavy atom. The second kappa shape index (κ2) is 5.35. The third kappa shape index (κ3) is 2.82. The number of fused-ring (bicyclic) bond motifs is 1. The highest BCUT2D eigenvalue weighted by atomic mass is 16.3. The quantitative estimate of drug-likeness (QED) is 0.750. The van der Waals surface area contributed by atoms with Gasteiger partial charge in [0.2, 0.25) is 0 Å². The van der Waals surface area contributed by atoms with E-state index in [1.807, 2.05) is 25.4 Å². The summed E-state index contributed by atoms with van der Waals surface area (Å²) in [7, 11) is 2.04. The topological polar surface area (TPSA) is 37.2 Å². The molecular weight excluding hydrogens is 236 g/mol. The molecule has 1 fully saturated rings. The summed E-state index contributed by atoms with van der Waals surface area (Å²) in [6, 6.07) is 8.25. The van der Waals surface area contributed by atoms with Crippen molar-refractivity contribution in [2.75, 3.05) is 26.7 Å². The molecule has 1 aromatic carbocycles. The predicted molar refractivity (Wildman–Crippen MR) is 78.4 cm³/mol. The molecule has 0 saturated heterocycles. The summed E-state index contributed by atoms with van der Waals surface area (Å²) in [5, 5.41) is 8.14. The van der Waals surface area contributed by atoms with Crippen molar-refractivity contribution in [2.45, 2.75) is 19.3 Å². The van der Waals surface area contributed by atoms with Crippen LogP contribution in [0.25, 0.3) is 11.0 Å². The number of hydrogen-bond donors (Lipinski definition) is 2. The van der Waals surface area contributed by atoms with Crippen molar-refractivity contribution in [3.63, 3.8) is 0 Å². The van der Waals surface area contributed by atoms with Crippen molar-refractivity contribution in [1.29, 1.82) is 0 Å². The normalized spacial score (nSPS) is 16.9. The van der Waals surface area contributed by atoms with Crippen molar-refractivity contribution >= 4 is 11.0 Å². The molecular formula is C16H22N2O. The first-order valence-corrected chi connectivity index (χ1v) is 7.13. The average Bonchev–Trinajstić information content (AvgIpc) is 3.07. The Hall–Kier alpha value is -1.32. The van der Waals surface area contributed by atoms with Gasteiger partial charge in [0.15, 0.2) is 0 Å². The minimum absolute atomic E-state index is 0.535. The maximum absolute atomic E-state index is 5.56. The lowest BCUT2D eigenvalue weighted by Crippen LogP contribution is -2.32. The van der Waals surface area contributed by atoms with E-state index in [2.05, 4.69) is 22.8 Å². The summed E-state index contributed by atoms with van der Waals surface area (Å²) in [4.78, 5) is 0. The fraction of sp³-hybridized carbons (Fsp3) is 0.500. The molecule has 0 aliphatic heterocycles. The van der Waals surface area contributed by atoms with Crippen LogP contribution in [0, 0.1) is 5.41 Å². The number of hydrogen-bond acceptors (Lipinski definition) is 3. The monoisotopic (exact) mass is 258 g/mol. The Balaban J connectivity index is 1.50. The molecule has 0 radical (unpaired) electrons. The molecule has 0 spiro atoms. The van der Waals surface area contributed by atoms with Crippen LogP contribution in [-0.2, 0) is 6.42 Å². The Morgan fingerprint density at radius 2 is 2.05 bits per heavy atom. The van der Waals surface area contributed by atoms with E-state index in [-0.39, 0.29) is 0 Å². The number of nitrogens with one attached hydrogen (secondary N) is 2. The Labute approximate surface area is 114 Å². The molecule has 3 heteroatoms. The summed E-state index contributed by atoms with van der Waals surface area (Å²) in [6.07, 6.45) is 5.64. The van der Waals surface area contributed by atoms with Gasteiger partial charge in [0.05, 0.1) is 6.26 Å². The van der Waals surface area contributed by atoms with Crippen molar-refractivity contribution < 1.29 is 4.42 Å². The number of rotatable bonds is 7. The lowest BCUT2D eigenvalue weighted by molar-refractivity contribution is 0.441. The zero-order valence-corrected chi connectivity index (χ0v) is 11.5. The summed E-state index contributed by atoms with van der Waals surface area (Å²) in [6.45, 7) is 3.28. The van der Waals surface area contributed by atoms with Crippen molar-refractivity contribution in [1.82, 2.24) is 10.6 Å². The zero-order chi connectivity index (χ0) is 13.1. The number of benzene rings is 1. The van der Waals surface area contributed by atoms with Gasteiger partial charge in [-0.05, 0) is 49.9 Å². The van der Waals surface area contributed by atoms with E-state index in [0.717, 1.165) is 31.6 Å². The molecule has 2 N–H and O–H groups in total. The van der Waals surface area contributed by atoms with E-state index >= 15 is 0 Å². The molecule has 1 saturated carbocycles. The predicted octanol–water partition coefficient (Wildman–Crippen LogP) is 2.56. The van der Waals surface area contributed by atoms with Gasteiger partial charge in [-0.25, -0.2) is 0 Å². The zero-order valence-electron chi connectivity index (χ0n) is 11.5. The van der Waals surface area contributed by atoms with Gasteiger partial charge in [-0.3, -0.25) is 0 Å². The third-order valence-corrected chi connectivity index (χ3v) is 4.14. The first-order valence-electron chi connectivity index (χ1n) is 7.13. The Kier molecular flexibility index (Phi) is 3.58.